The van der Waals surface area contributed by atoms with Crippen LogP contribution in [-0.2, 0) is 11.8 Å². The molecule has 0 fully saturated rings. The molecule has 0 aliphatic carbocycles. The van der Waals surface area contributed by atoms with Crippen LogP contribution in [0.3, 0.4) is 0 Å². The normalized spacial score (nSPS) is 13.8. The van der Waals surface area contributed by atoms with E-state index in [0.29, 0.717) is 12.6 Å². The van der Waals surface area contributed by atoms with Gasteiger partial charge in [-0.25, -0.2) is 0 Å². The molecule has 2 aromatic heterocycles. The lowest BCUT2D eigenvalue weighted by molar-refractivity contribution is 0.257. The minimum absolute atomic E-state index is 0.220. The summed E-state index contributed by atoms with van der Waals surface area (Å²) >= 11 is 3.74. The number of hydrogen-bond donors (Lipinski definition) is 1. The zero-order valence-corrected chi connectivity index (χ0v) is 15.1. The Hall–Kier alpha value is -0.680. The summed E-state index contributed by atoms with van der Waals surface area (Å²) in [5.74, 6) is 0. The Labute approximate surface area is 136 Å². The maximum atomic E-state index is 6.04. The first-order valence-electron chi connectivity index (χ1n) is 7.44. The van der Waals surface area contributed by atoms with E-state index in [9.17, 15) is 0 Å². The van der Waals surface area contributed by atoms with Crippen LogP contribution in [0.5, 0.6) is 0 Å². The van der Waals surface area contributed by atoms with Gasteiger partial charge in [0.2, 0.25) is 0 Å². The highest BCUT2D eigenvalue weighted by molar-refractivity contribution is 7.12. The fourth-order valence-corrected chi connectivity index (χ4v) is 4.29. The second-order valence-corrected chi connectivity index (χ2v) is 8.66. The molecule has 0 aliphatic heterocycles. The number of nitrogens with two attached hydrogens (primary N) is 1. The molecule has 116 valence electrons. The first-order chi connectivity index (χ1) is 9.91. The van der Waals surface area contributed by atoms with Crippen molar-refractivity contribution in [2.24, 2.45) is 5.73 Å². The summed E-state index contributed by atoms with van der Waals surface area (Å²) in [6, 6.07) is 9.17. The van der Waals surface area contributed by atoms with Crippen molar-refractivity contribution < 1.29 is 0 Å². The van der Waals surface area contributed by atoms with Gasteiger partial charge in [-0.3, -0.25) is 4.90 Å². The lowest BCUT2D eigenvalue weighted by Crippen LogP contribution is -2.31. The molecule has 0 saturated carbocycles. The Morgan fingerprint density at radius 3 is 2.52 bits per heavy atom. The highest BCUT2D eigenvalue weighted by Gasteiger charge is 2.21. The number of thiophene rings is 2. The molecule has 2 nitrogen and oxygen atoms in total. The third-order valence-electron chi connectivity index (χ3n) is 3.74. The van der Waals surface area contributed by atoms with Crippen molar-refractivity contribution in [2.45, 2.75) is 38.6 Å². The molecule has 0 radical (unpaired) electrons. The fourth-order valence-electron chi connectivity index (χ4n) is 2.35. The van der Waals surface area contributed by atoms with Crippen LogP contribution in [0.4, 0.5) is 0 Å². The second-order valence-electron chi connectivity index (χ2n) is 6.51. The molecule has 1 atom stereocenters. The highest BCUT2D eigenvalue weighted by atomic mass is 32.1. The van der Waals surface area contributed by atoms with Gasteiger partial charge in [0.05, 0.1) is 6.04 Å². The molecule has 1 unspecified atom stereocenters. The summed E-state index contributed by atoms with van der Waals surface area (Å²) in [6.45, 7) is 8.51. The van der Waals surface area contributed by atoms with Crippen molar-refractivity contribution in [1.29, 1.82) is 0 Å². The predicted octanol–water partition coefficient (Wildman–Crippen LogP) is 4.28. The largest absolute Gasteiger partial charge is 0.329 e. The zero-order chi connectivity index (χ0) is 15.5. The Morgan fingerprint density at radius 1 is 1.24 bits per heavy atom. The molecule has 2 aromatic rings. The van der Waals surface area contributed by atoms with Crippen molar-refractivity contribution in [2.75, 3.05) is 20.1 Å². The van der Waals surface area contributed by atoms with Crippen LogP contribution in [0.1, 0.15) is 41.4 Å². The third kappa shape index (κ3) is 4.39. The summed E-state index contributed by atoms with van der Waals surface area (Å²) < 4.78 is 0. The molecule has 2 rings (SSSR count). The summed E-state index contributed by atoms with van der Waals surface area (Å²) in [7, 11) is 2.18. The first kappa shape index (κ1) is 16.7. The zero-order valence-electron chi connectivity index (χ0n) is 13.4. The van der Waals surface area contributed by atoms with Crippen LogP contribution in [0.15, 0.2) is 29.6 Å². The summed E-state index contributed by atoms with van der Waals surface area (Å²) in [6.07, 6.45) is 1.10. The molecule has 2 N–H and O–H groups in total. The predicted molar refractivity (Wildman–Crippen MR) is 95.5 cm³/mol. The van der Waals surface area contributed by atoms with E-state index < -0.39 is 0 Å². The minimum atomic E-state index is 0.220. The second kappa shape index (κ2) is 7.05. The van der Waals surface area contributed by atoms with Crippen molar-refractivity contribution in [3.8, 4) is 0 Å². The molecule has 4 heteroatoms. The van der Waals surface area contributed by atoms with Crippen LogP contribution >= 0.6 is 22.7 Å². The van der Waals surface area contributed by atoms with Gasteiger partial charge in [0.25, 0.3) is 0 Å². The molecule has 21 heavy (non-hydrogen) atoms. The standard InChI is InChI=1S/C17H26N2S2/c1-17(2,3)16-8-7-15(21-16)14(12-18)19(4)10-9-13-6-5-11-20-13/h5-8,11,14H,9-10,12,18H2,1-4H3. The number of likely N-dealkylation sites (N-methyl/N-ethyl adjacent to an activating group) is 1. The van der Waals surface area contributed by atoms with Gasteiger partial charge < -0.3 is 5.73 Å². The van der Waals surface area contributed by atoms with E-state index >= 15 is 0 Å². The molecule has 0 aliphatic rings. The van der Waals surface area contributed by atoms with Gasteiger partial charge >= 0.3 is 0 Å². The molecule has 0 amide bonds. The van der Waals surface area contributed by atoms with Crippen LogP contribution in [-0.4, -0.2) is 25.0 Å². The third-order valence-corrected chi connectivity index (χ3v) is 6.29. The lowest BCUT2D eigenvalue weighted by atomic mass is 9.95. The van der Waals surface area contributed by atoms with Crippen LogP contribution < -0.4 is 5.73 Å². The molecule has 0 saturated heterocycles. The van der Waals surface area contributed by atoms with Crippen molar-refractivity contribution in [3.05, 3.63) is 44.3 Å². The fraction of sp³-hybridized carbons (Fsp3) is 0.529. The van der Waals surface area contributed by atoms with Gasteiger partial charge in [-0.15, -0.1) is 22.7 Å². The van der Waals surface area contributed by atoms with Gasteiger partial charge in [0, 0.05) is 27.7 Å². The van der Waals surface area contributed by atoms with E-state index in [2.05, 4.69) is 62.4 Å². The van der Waals surface area contributed by atoms with Gasteiger partial charge in [0.15, 0.2) is 0 Å². The number of rotatable bonds is 6. The summed E-state index contributed by atoms with van der Waals surface area (Å²) in [5.41, 5.74) is 6.26. The molecule has 0 bridgehead atoms. The van der Waals surface area contributed by atoms with E-state index in [1.54, 1.807) is 0 Å². The van der Waals surface area contributed by atoms with Gasteiger partial charge in [-0.2, -0.15) is 0 Å². The quantitative estimate of drug-likeness (QED) is 0.860. The summed E-state index contributed by atoms with van der Waals surface area (Å²) in [5, 5.41) is 2.14. The Bertz CT molecular complexity index is 537. The topological polar surface area (TPSA) is 29.3 Å². The van der Waals surface area contributed by atoms with Crippen molar-refractivity contribution in [1.82, 2.24) is 4.90 Å². The van der Waals surface area contributed by atoms with E-state index in [4.69, 9.17) is 5.73 Å². The van der Waals surface area contributed by atoms with Crippen LogP contribution in [0.2, 0.25) is 0 Å². The Morgan fingerprint density at radius 2 is 2.00 bits per heavy atom. The lowest BCUT2D eigenvalue weighted by Gasteiger charge is -2.26. The van der Waals surface area contributed by atoms with Gasteiger partial charge in [-0.05, 0) is 42.5 Å². The smallest absolute Gasteiger partial charge is 0.0562 e. The molecular formula is C17H26N2S2. The Kier molecular flexibility index (Phi) is 5.60. The molecule has 0 spiro atoms. The average Bonchev–Trinajstić information content (AvgIpc) is 3.08. The molecule has 2 heterocycles. The van der Waals surface area contributed by atoms with Crippen molar-refractivity contribution in [3.63, 3.8) is 0 Å². The number of hydrogen-bond acceptors (Lipinski definition) is 4. The van der Waals surface area contributed by atoms with E-state index in [-0.39, 0.29) is 5.41 Å². The average molecular weight is 323 g/mol. The molecular weight excluding hydrogens is 296 g/mol. The van der Waals surface area contributed by atoms with Gasteiger partial charge in [0.1, 0.15) is 0 Å². The van der Waals surface area contributed by atoms with E-state index in [0.717, 1.165) is 13.0 Å². The van der Waals surface area contributed by atoms with Crippen LogP contribution in [0, 0.1) is 0 Å². The maximum absolute atomic E-state index is 6.04. The molecule has 0 aromatic carbocycles. The van der Waals surface area contributed by atoms with Crippen LogP contribution in [0.25, 0.3) is 0 Å². The Balaban J connectivity index is 2.02. The van der Waals surface area contributed by atoms with Gasteiger partial charge in [-0.1, -0.05) is 26.8 Å². The summed E-state index contributed by atoms with van der Waals surface area (Å²) in [4.78, 5) is 6.65. The highest BCUT2D eigenvalue weighted by Crippen LogP contribution is 2.33. The monoisotopic (exact) mass is 322 g/mol. The van der Waals surface area contributed by atoms with E-state index in [1.807, 2.05) is 22.7 Å². The minimum Gasteiger partial charge on any atom is -0.329 e. The number of nitrogens with zero attached hydrogens (tertiary/aromatic N) is 1. The van der Waals surface area contributed by atoms with E-state index in [1.165, 1.54) is 14.6 Å². The first-order valence-corrected chi connectivity index (χ1v) is 9.14. The maximum Gasteiger partial charge on any atom is 0.0562 e. The van der Waals surface area contributed by atoms with Crippen molar-refractivity contribution >= 4 is 22.7 Å². The SMILES string of the molecule is CN(CCc1cccs1)C(CN)c1ccc(C(C)(C)C)s1.